The van der Waals surface area contributed by atoms with Crippen LogP contribution in [-0.4, -0.2) is 104 Å². The second-order valence-corrected chi connectivity index (χ2v) is 11.3. The van der Waals surface area contributed by atoms with Crippen LogP contribution in [0.3, 0.4) is 0 Å². The molecule has 4 rings (SSSR count). The Labute approximate surface area is 253 Å². The number of urea groups is 1. The van der Waals surface area contributed by atoms with Crippen molar-refractivity contribution in [2.45, 2.75) is 69.7 Å². The molecule has 0 saturated carbocycles. The topological polar surface area (TPSA) is 141 Å². The number of imidazole rings is 1. The van der Waals surface area contributed by atoms with Crippen molar-refractivity contribution >= 4 is 17.6 Å². The molecule has 0 aliphatic carbocycles. The van der Waals surface area contributed by atoms with Crippen molar-refractivity contribution in [2.75, 3.05) is 33.4 Å². The molecule has 45 heavy (non-hydrogen) atoms. The Hall–Kier alpha value is -4.00. The summed E-state index contributed by atoms with van der Waals surface area (Å²) in [5.41, 5.74) is -1.81. The largest absolute Gasteiger partial charge is 0.416 e. The van der Waals surface area contributed by atoms with Gasteiger partial charge in [0.2, 0.25) is 5.82 Å². The van der Waals surface area contributed by atoms with Gasteiger partial charge >= 0.3 is 18.4 Å². The Morgan fingerprint density at radius 1 is 1.16 bits per heavy atom. The SMILES string of the molecule is COC[C@H](c1cnn2cc(C(CNC(=O)c3ncnn3C(C)C)COC(C)(C)C(F)(F)F)nc2c1)N1C[C@@H](C(F)(F)F)NC1=O. The molecule has 3 atom stereocenters. The highest BCUT2D eigenvalue weighted by Gasteiger charge is 2.50. The summed E-state index contributed by atoms with van der Waals surface area (Å²) in [6.07, 6.45) is -5.37. The molecular formula is C26H33F6N9O4. The van der Waals surface area contributed by atoms with E-state index in [2.05, 4.69) is 25.5 Å². The number of carbonyl (C=O) groups is 2. The van der Waals surface area contributed by atoms with Crippen molar-refractivity contribution in [3.8, 4) is 0 Å². The first-order valence-corrected chi connectivity index (χ1v) is 13.8. The first-order valence-electron chi connectivity index (χ1n) is 13.8. The van der Waals surface area contributed by atoms with Gasteiger partial charge in [0.05, 0.1) is 43.9 Å². The summed E-state index contributed by atoms with van der Waals surface area (Å²) >= 11 is 0. The second-order valence-electron chi connectivity index (χ2n) is 11.3. The van der Waals surface area contributed by atoms with Crippen LogP contribution >= 0.6 is 0 Å². The highest BCUT2D eigenvalue weighted by Crippen LogP contribution is 2.34. The van der Waals surface area contributed by atoms with E-state index in [4.69, 9.17) is 9.47 Å². The zero-order valence-corrected chi connectivity index (χ0v) is 25.0. The average Bonchev–Trinajstić information content (AvgIpc) is 3.68. The molecule has 1 fully saturated rings. The summed E-state index contributed by atoms with van der Waals surface area (Å²) in [6.45, 7) is 3.83. The lowest BCUT2D eigenvalue weighted by molar-refractivity contribution is -0.264. The number of rotatable bonds is 12. The minimum absolute atomic E-state index is 0.00416. The van der Waals surface area contributed by atoms with Gasteiger partial charge in [-0.05, 0) is 33.8 Å². The summed E-state index contributed by atoms with van der Waals surface area (Å²) in [7, 11) is 1.33. The van der Waals surface area contributed by atoms with Gasteiger partial charge in [-0.3, -0.25) is 4.79 Å². The predicted octanol–water partition coefficient (Wildman–Crippen LogP) is 3.42. The van der Waals surface area contributed by atoms with Gasteiger partial charge in [0.1, 0.15) is 12.4 Å². The van der Waals surface area contributed by atoms with Gasteiger partial charge in [-0.2, -0.15) is 36.5 Å². The van der Waals surface area contributed by atoms with E-state index < -0.39 is 61.0 Å². The van der Waals surface area contributed by atoms with Crippen LogP contribution in [0.25, 0.3) is 5.65 Å². The van der Waals surface area contributed by atoms with E-state index in [-0.39, 0.29) is 36.4 Å². The van der Waals surface area contributed by atoms with Gasteiger partial charge in [0.15, 0.2) is 11.2 Å². The molecule has 0 spiro atoms. The van der Waals surface area contributed by atoms with Crippen LogP contribution in [0.15, 0.2) is 24.8 Å². The molecule has 0 aromatic carbocycles. The van der Waals surface area contributed by atoms with Crippen molar-refractivity contribution in [2.24, 2.45) is 0 Å². The van der Waals surface area contributed by atoms with E-state index in [9.17, 15) is 35.9 Å². The number of hydrogen-bond acceptors (Lipinski definition) is 8. The van der Waals surface area contributed by atoms with Crippen molar-refractivity contribution < 1.29 is 45.4 Å². The fourth-order valence-corrected chi connectivity index (χ4v) is 4.55. The summed E-state index contributed by atoms with van der Waals surface area (Å²) in [5, 5.41) is 12.8. The van der Waals surface area contributed by atoms with Crippen molar-refractivity contribution in [1.29, 1.82) is 0 Å². The Kier molecular flexibility index (Phi) is 9.62. The van der Waals surface area contributed by atoms with Crippen LogP contribution < -0.4 is 10.6 Å². The maximum absolute atomic E-state index is 13.6. The minimum atomic E-state index is -4.69. The normalized spacial score (nSPS) is 17.6. The lowest BCUT2D eigenvalue weighted by atomic mass is 10.1. The van der Waals surface area contributed by atoms with Gasteiger partial charge in [0, 0.05) is 31.2 Å². The molecule has 1 aliphatic heterocycles. The van der Waals surface area contributed by atoms with Crippen molar-refractivity contribution in [3.05, 3.63) is 41.9 Å². The molecule has 1 aliphatic rings. The molecule has 0 radical (unpaired) electrons. The summed E-state index contributed by atoms with van der Waals surface area (Å²) in [6, 6.07) is -2.66. The van der Waals surface area contributed by atoms with Gasteiger partial charge in [-0.15, -0.1) is 0 Å². The van der Waals surface area contributed by atoms with Gasteiger partial charge in [-0.25, -0.2) is 24.0 Å². The summed E-state index contributed by atoms with van der Waals surface area (Å²) in [4.78, 5) is 34.8. The summed E-state index contributed by atoms with van der Waals surface area (Å²) in [5.74, 6) is -1.51. The Morgan fingerprint density at radius 3 is 2.47 bits per heavy atom. The third-order valence-electron chi connectivity index (χ3n) is 7.30. The second kappa shape index (κ2) is 12.8. The zero-order valence-electron chi connectivity index (χ0n) is 25.0. The lowest BCUT2D eigenvalue weighted by Crippen LogP contribution is -2.43. The standard InChI is InChI=1S/C26H33F6N9O4/c1-14(2)41-21(34-13-36-41)22(42)33-7-16(11-45-24(3,4)26(30,31)32)17-9-40-20(37-17)6-15(8-35-40)18(12-44-5)39-10-19(25(27,28)29)38-23(39)43/h6,8-9,13-14,16,18-19H,7,10-12H2,1-5H3,(H,33,42)(H,38,43)/t16?,18-,19+/m1/s1. The zero-order chi connectivity index (χ0) is 33.3. The third kappa shape index (κ3) is 7.46. The molecule has 3 amide bonds. The minimum Gasteiger partial charge on any atom is -0.382 e. The number of amides is 3. The molecule has 3 aromatic heterocycles. The van der Waals surface area contributed by atoms with Crippen LogP contribution in [0.2, 0.25) is 0 Å². The molecule has 1 saturated heterocycles. The van der Waals surface area contributed by atoms with E-state index in [1.807, 2.05) is 5.32 Å². The maximum atomic E-state index is 13.6. The summed E-state index contributed by atoms with van der Waals surface area (Å²) < 4.78 is 93.7. The Bertz CT molecular complexity index is 1500. The molecular weight excluding hydrogens is 616 g/mol. The number of carbonyl (C=O) groups excluding carboxylic acids is 2. The van der Waals surface area contributed by atoms with Crippen LogP contribution in [-0.2, 0) is 9.47 Å². The van der Waals surface area contributed by atoms with Crippen molar-refractivity contribution in [3.63, 3.8) is 0 Å². The molecule has 3 aromatic rings. The average molecular weight is 650 g/mol. The van der Waals surface area contributed by atoms with Crippen LogP contribution in [0, 0.1) is 0 Å². The molecule has 4 heterocycles. The molecule has 19 heteroatoms. The Morgan fingerprint density at radius 2 is 1.87 bits per heavy atom. The molecule has 1 unspecified atom stereocenters. The van der Waals surface area contributed by atoms with Gasteiger partial charge in [-0.1, -0.05) is 0 Å². The number of fused-ring (bicyclic) bond motifs is 1. The highest BCUT2D eigenvalue weighted by molar-refractivity contribution is 5.90. The third-order valence-corrected chi connectivity index (χ3v) is 7.30. The monoisotopic (exact) mass is 649 g/mol. The lowest BCUT2D eigenvalue weighted by Gasteiger charge is -2.29. The van der Waals surface area contributed by atoms with Gasteiger partial charge in [0.25, 0.3) is 5.91 Å². The maximum Gasteiger partial charge on any atom is 0.416 e. The number of nitrogens with one attached hydrogen (secondary N) is 2. The number of hydrogen-bond donors (Lipinski definition) is 2. The number of aromatic nitrogens is 6. The van der Waals surface area contributed by atoms with E-state index in [1.165, 1.54) is 41.1 Å². The molecule has 2 N–H and O–H groups in total. The van der Waals surface area contributed by atoms with Crippen LogP contribution in [0.5, 0.6) is 0 Å². The Balaban J connectivity index is 1.62. The molecule has 0 bridgehead atoms. The number of alkyl halides is 6. The first kappa shape index (κ1) is 33.9. The highest BCUT2D eigenvalue weighted by atomic mass is 19.4. The number of nitrogens with zero attached hydrogens (tertiary/aromatic N) is 7. The fourth-order valence-electron chi connectivity index (χ4n) is 4.55. The number of methoxy groups -OCH3 is 1. The van der Waals surface area contributed by atoms with Crippen LogP contribution in [0.4, 0.5) is 31.1 Å². The smallest absolute Gasteiger partial charge is 0.382 e. The van der Waals surface area contributed by atoms with Crippen molar-refractivity contribution in [1.82, 2.24) is 44.9 Å². The van der Waals surface area contributed by atoms with E-state index in [0.29, 0.717) is 5.56 Å². The van der Waals surface area contributed by atoms with Crippen LogP contribution in [0.1, 0.15) is 67.6 Å². The number of halogens is 6. The van der Waals surface area contributed by atoms with Gasteiger partial charge < -0.3 is 25.0 Å². The first-order chi connectivity index (χ1) is 20.9. The predicted molar refractivity (Wildman–Crippen MR) is 144 cm³/mol. The van der Waals surface area contributed by atoms with E-state index in [0.717, 1.165) is 18.7 Å². The van der Waals surface area contributed by atoms with E-state index in [1.54, 1.807) is 13.8 Å². The molecule has 248 valence electrons. The quantitative estimate of drug-likeness (QED) is 0.285. The number of ether oxygens (including phenoxy) is 2. The fraction of sp³-hybridized carbons (Fsp3) is 0.615. The molecule has 13 nitrogen and oxygen atoms in total. The van der Waals surface area contributed by atoms with E-state index >= 15 is 0 Å².